The number of amides is 3. The SMILES string of the molecule is CCC(C)(C)C(=O)OCc1cc(CCCOCCOCCNC(=O)CCN2C(=O)C=CC2=O)ccc1OC1O[C@H](C(=O)O)[C@@H](O)[C@H](O)[C@H]1O. The topological polar surface area (TPSA) is 228 Å². The summed E-state index contributed by atoms with van der Waals surface area (Å²) in [7, 11) is 0. The number of imide groups is 1. The molecule has 1 saturated heterocycles. The van der Waals surface area contributed by atoms with Gasteiger partial charge in [0.25, 0.3) is 11.8 Å². The fraction of sp³-hybridized carbons (Fsp3) is 0.606. The Kier molecular flexibility index (Phi) is 15.1. The molecule has 1 aromatic carbocycles. The van der Waals surface area contributed by atoms with Crippen LogP contribution in [-0.2, 0) is 55.9 Å². The molecule has 49 heavy (non-hydrogen) atoms. The highest BCUT2D eigenvalue weighted by Gasteiger charge is 2.48. The number of hydrogen-bond donors (Lipinski definition) is 5. The van der Waals surface area contributed by atoms with Gasteiger partial charge < -0.3 is 49.4 Å². The van der Waals surface area contributed by atoms with E-state index in [4.69, 9.17) is 23.7 Å². The first-order valence-corrected chi connectivity index (χ1v) is 16.1. The molecular formula is C33H46N2O14. The van der Waals surface area contributed by atoms with Gasteiger partial charge in [-0.25, -0.2) is 4.79 Å². The van der Waals surface area contributed by atoms with Crippen molar-refractivity contribution in [2.24, 2.45) is 5.41 Å². The van der Waals surface area contributed by atoms with E-state index in [2.05, 4.69) is 5.32 Å². The number of carbonyl (C=O) groups is 5. The van der Waals surface area contributed by atoms with Crippen LogP contribution in [0.15, 0.2) is 30.4 Å². The highest BCUT2D eigenvalue weighted by atomic mass is 16.7. The molecule has 272 valence electrons. The first-order valence-electron chi connectivity index (χ1n) is 16.1. The fourth-order valence-corrected chi connectivity index (χ4v) is 4.69. The van der Waals surface area contributed by atoms with Gasteiger partial charge in [0, 0.05) is 43.8 Å². The molecule has 0 bridgehead atoms. The lowest BCUT2D eigenvalue weighted by molar-refractivity contribution is -0.271. The van der Waals surface area contributed by atoms with Crippen molar-refractivity contribution in [3.8, 4) is 5.75 Å². The molecular weight excluding hydrogens is 648 g/mol. The maximum atomic E-state index is 12.7. The minimum atomic E-state index is -1.87. The minimum Gasteiger partial charge on any atom is -0.479 e. The number of rotatable bonds is 20. The maximum Gasteiger partial charge on any atom is 0.335 e. The van der Waals surface area contributed by atoms with Crippen LogP contribution in [0.3, 0.4) is 0 Å². The van der Waals surface area contributed by atoms with E-state index in [0.717, 1.165) is 10.5 Å². The maximum absolute atomic E-state index is 12.7. The summed E-state index contributed by atoms with van der Waals surface area (Å²) in [5.41, 5.74) is 0.529. The molecule has 1 aromatic rings. The van der Waals surface area contributed by atoms with Crippen molar-refractivity contribution in [1.29, 1.82) is 0 Å². The van der Waals surface area contributed by atoms with Gasteiger partial charge in [0.15, 0.2) is 6.10 Å². The minimum absolute atomic E-state index is 0.00210. The van der Waals surface area contributed by atoms with Gasteiger partial charge in [-0.15, -0.1) is 0 Å². The Labute approximate surface area is 283 Å². The fourth-order valence-electron chi connectivity index (χ4n) is 4.69. The molecule has 3 amide bonds. The molecule has 1 unspecified atom stereocenters. The standard InChI is InChI=1S/C33H46N2O14/c1-4-33(2,3)32(44)47-19-21-18-20(7-8-22(21)48-31-28(41)26(39)27(40)29(49-31)30(42)43)6-5-14-45-16-17-46-15-12-34-23(36)11-13-35-24(37)9-10-25(35)38/h7-10,18,26-29,31,39-41H,4-6,11-17,19H2,1-3H3,(H,34,36)(H,42,43)/t26-,27-,28+,29-,31?/m0/s1. The number of aryl methyl sites for hydroxylation is 1. The van der Waals surface area contributed by atoms with Gasteiger partial charge in [-0.2, -0.15) is 0 Å². The van der Waals surface area contributed by atoms with Crippen molar-refractivity contribution in [2.45, 2.75) is 83.8 Å². The lowest BCUT2D eigenvalue weighted by Crippen LogP contribution is -2.61. The molecule has 3 rings (SSSR count). The normalized spacial score (nSPS) is 22.3. The van der Waals surface area contributed by atoms with E-state index in [0.29, 0.717) is 44.6 Å². The van der Waals surface area contributed by atoms with E-state index >= 15 is 0 Å². The van der Waals surface area contributed by atoms with Crippen LogP contribution < -0.4 is 10.1 Å². The number of aliphatic carboxylic acids is 1. The predicted octanol–water partition coefficient (Wildman–Crippen LogP) is -0.166. The first-order chi connectivity index (χ1) is 23.2. The Morgan fingerprint density at radius 2 is 1.63 bits per heavy atom. The zero-order chi connectivity index (χ0) is 36.1. The largest absolute Gasteiger partial charge is 0.479 e. The molecule has 0 aromatic heterocycles. The van der Waals surface area contributed by atoms with Gasteiger partial charge >= 0.3 is 11.9 Å². The number of carbonyl (C=O) groups excluding carboxylic acids is 4. The second kappa shape index (κ2) is 18.7. The summed E-state index contributed by atoms with van der Waals surface area (Å²) in [6.07, 6.45) is -4.85. The quantitative estimate of drug-likeness (QED) is 0.0679. The molecule has 0 radical (unpaired) electrons. The zero-order valence-electron chi connectivity index (χ0n) is 27.9. The third-order valence-electron chi connectivity index (χ3n) is 8.13. The number of benzene rings is 1. The summed E-state index contributed by atoms with van der Waals surface area (Å²) in [4.78, 5) is 60.1. The Balaban J connectivity index is 1.43. The number of ether oxygens (including phenoxy) is 5. The number of aliphatic hydroxyl groups excluding tert-OH is 3. The molecule has 5 atom stereocenters. The second-order valence-electron chi connectivity index (χ2n) is 12.2. The summed E-state index contributed by atoms with van der Waals surface area (Å²) in [6, 6.07) is 5.04. The van der Waals surface area contributed by atoms with Crippen LogP contribution in [0.4, 0.5) is 0 Å². The van der Waals surface area contributed by atoms with E-state index in [1.54, 1.807) is 32.0 Å². The van der Waals surface area contributed by atoms with Crippen molar-refractivity contribution in [1.82, 2.24) is 10.2 Å². The van der Waals surface area contributed by atoms with Crippen LogP contribution >= 0.6 is 0 Å². The van der Waals surface area contributed by atoms with E-state index < -0.39 is 59.9 Å². The zero-order valence-corrected chi connectivity index (χ0v) is 27.9. The number of hydrogen-bond acceptors (Lipinski definition) is 13. The summed E-state index contributed by atoms with van der Waals surface area (Å²) in [6.45, 7) is 6.75. The van der Waals surface area contributed by atoms with Crippen LogP contribution in [0.1, 0.15) is 51.2 Å². The van der Waals surface area contributed by atoms with Crippen molar-refractivity contribution in [3.05, 3.63) is 41.5 Å². The smallest absolute Gasteiger partial charge is 0.335 e. The molecule has 0 aliphatic carbocycles. The molecule has 0 spiro atoms. The van der Waals surface area contributed by atoms with Crippen LogP contribution in [0, 0.1) is 5.41 Å². The van der Waals surface area contributed by atoms with Crippen molar-refractivity contribution >= 4 is 29.7 Å². The highest BCUT2D eigenvalue weighted by Crippen LogP contribution is 2.30. The predicted molar refractivity (Wildman–Crippen MR) is 169 cm³/mol. The Morgan fingerprint density at radius 3 is 2.29 bits per heavy atom. The third-order valence-corrected chi connectivity index (χ3v) is 8.13. The summed E-state index contributed by atoms with van der Waals surface area (Å²) >= 11 is 0. The number of carboxylic acids is 1. The van der Waals surface area contributed by atoms with Crippen LogP contribution in [0.2, 0.25) is 0 Å². The molecule has 2 aliphatic heterocycles. The monoisotopic (exact) mass is 694 g/mol. The molecule has 2 aliphatic rings. The van der Waals surface area contributed by atoms with E-state index in [1.807, 2.05) is 6.92 Å². The Morgan fingerprint density at radius 1 is 0.959 bits per heavy atom. The Bertz CT molecular complexity index is 1330. The van der Waals surface area contributed by atoms with Gasteiger partial charge in [0.2, 0.25) is 12.2 Å². The Hall–Kier alpha value is -3.93. The second-order valence-corrected chi connectivity index (χ2v) is 12.2. The number of esters is 1. The summed E-state index contributed by atoms with van der Waals surface area (Å²) in [5, 5.41) is 42.6. The van der Waals surface area contributed by atoms with Gasteiger partial charge in [-0.1, -0.05) is 13.0 Å². The molecule has 16 nitrogen and oxygen atoms in total. The molecule has 1 fully saturated rings. The van der Waals surface area contributed by atoms with Crippen molar-refractivity contribution in [2.75, 3.05) is 39.5 Å². The van der Waals surface area contributed by atoms with Gasteiger partial charge in [0.1, 0.15) is 30.7 Å². The lowest BCUT2D eigenvalue weighted by Gasteiger charge is -2.38. The number of carboxylic acid groups (broad SMARTS) is 1. The summed E-state index contributed by atoms with van der Waals surface area (Å²) in [5.74, 6) is -3.02. The van der Waals surface area contributed by atoms with Crippen LogP contribution in [0.5, 0.6) is 5.75 Å². The first kappa shape index (κ1) is 39.5. The lowest BCUT2D eigenvalue weighted by atomic mass is 9.91. The highest BCUT2D eigenvalue weighted by molar-refractivity contribution is 6.13. The van der Waals surface area contributed by atoms with Crippen molar-refractivity contribution < 1.29 is 68.1 Å². The van der Waals surface area contributed by atoms with Gasteiger partial charge in [-0.05, 0) is 50.8 Å². The van der Waals surface area contributed by atoms with E-state index in [1.165, 1.54) is 12.2 Å². The molecule has 0 saturated carbocycles. The number of nitrogens with one attached hydrogen (secondary N) is 1. The third kappa shape index (κ3) is 11.6. The van der Waals surface area contributed by atoms with Gasteiger partial charge in [0.05, 0.1) is 25.2 Å². The van der Waals surface area contributed by atoms with Crippen molar-refractivity contribution in [3.63, 3.8) is 0 Å². The average molecular weight is 695 g/mol. The summed E-state index contributed by atoms with van der Waals surface area (Å²) < 4.78 is 27.6. The van der Waals surface area contributed by atoms with Gasteiger partial charge in [-0.3, -0.25) is 24.1 Å². The molecule has 16 heteroatoms. The molecule has 2 heterocycles. The number of aliphatic hydroxyl groups is 3. The average Bonchev–Trinajstić information content (AvgIpc) is 3.39. The van der Waals surface area contributed by atoms with Crippen LogP contribution in [0.25, 0.3) is 0 Å². The van der Waals surface area contributed by atoms with E-state index in [9.17, 15) is 44.4 Å². The van der Waals surface area contributed by atoms with E-state index in [-0.39, 0.29) is 44.4 Å². The number of nitrogens with zero attached hydrogens (tertiary/aromatic N) is 1. The molecule has 5 N–H and O–H groups in total. The van der Waals surface area contributed by atoms with Crippen LogP contribution in [-0.4, -0.2) is 125 Å².